The van der Waals surface area contributed by atoms with Gasteiger partial charge in [-0.25, -0.2) is 9.97 Å². The maximum atomic E-state index is 4.49. The van der Waals surface area contributed by atoms with Gasteiger partial charge in [0, 0.05) is 23.5 Å². The van der Waals surface area contributed by atoms with Crippen molar-refractivity contribution in [2.75, 3.05) is 0 Å². The highest BCUT2D eigenvalue weighted by atomic mass is 32.1. The Morgan fingerprint density at radius 2 is 2.31 bits per heavy atom. The molecule has 80 valence electrons. The molecule has 0 amide bonds. The lowest BCUT2D eigenvalue weighted by Gasteiger charge is -1.87. The summed E-state index contributed by atoms with van der Waals surface area (Å²) < 4.78 is 1.95. The summed E-state index contributed by atoms with van der Waals surface area (Å²) >= 11 is 1.80. The molecule has 0 fully saturated rings. The minimum absolute atomic E-state index is 0.754. The monoisotopic (exact) mass is 229 g/mol. The van der Waals surface area contributed by atoms with Gasteiger partial charge in [0.1, 0.15) is 5.69 Å². The van der Waals surface area contributed by atoms with Gasteiger partial charge in [-0.2, -0.15) is 0 Å². The topological polar surface area (TPSA) is 30.2 Å². The van der Waals surface area contributed by atoms with Gasteiger partial charge in [0.15, 0.2) is 0 Å². The zero-order valence-electron chi connectivity index (χ0n) is 8.92. The number of hydrogen-bond donors (Lipinski definition) is 0. The molecule has 0 aliphatic heterocycles. The maximum absolute atomic E-state index is 4.49. The van der Waals surface area contributed by atoms with Gasteiger partial charge < -0.3 is 0 Å². The van der Waals surface area contributed by atoms with Gasteiger partial charge in [0.2, 0.25) is 5.78 Å². The Balaban J connectivity index is 2.11. The van der Waals surface area contributed by atoms with Gasteiger partial charge in [-0.05, 0) is 24.6 Å². The molecule has 0 saturated carbocycles. The molecule has 0 aliphatic rings. The molecule has 0 saturated heterocycles. The number of imidazole rings is 1. The lowest BCUT2D eigenvalue weighted by atomic mass is 10.3. The molecule has 16 heavy (non-hydrogen) atoms. The maximum Gasteiger partial charge on any atom is 0.234 e. The van der Waals surface area contributed by atoms with Crippen LogP contribution in [0.15, 0.2) is 36.8 Å². The standard InChI is InChI=1S/C12H11N3S/c1-2-9-4-5-11(16-9)10-8-15-7-3-6-13-12(15)14-10/h3-8H,2H2,1H3. The van der Waals surface area contributed by atoms with E-state index in [-0.39, 0.29) is 0 Å². The fraction of sp³-hybridized carbons (Fsp3) is 0.167. The van der Waals surface area contributed by atoms with E-state index in [4.69, 9.17) is 0 Å². The Morgan fingerprint density at radius 1 is 1.38 bits per heavy atom. The summed E-state index contributed by atoms with van der Waals surface area (Å²) in [5, 5.41) is 0. The second-order valence-corrected chi connectivity index (χ2v) is 4.74. The zero-order chi connectivity index (χ0) is 11.0. The smallest absolute Gasteiger partial charge is 0.234 e. The van der Waals surface area contributed by atoms with Crippen LogP contribution in [0.5, 0.6) is 0 Å². The van der Waals surface area contributed by atoms with Gasteiger partial charge in [-0.15, -0.1) is 11.3 Å². The second kappa shape index (κ2) is 3.72. The highest BCUT2D eigenvalue weighted by molar-refractivity contribution is 7.15. The molecule has 0 bridgehead atoms. The van der Waals surface area contributed by atoms with Crippen molar-refractivity contribution in [1.29, 1.82) is 0 Å². The Bertz CT molecular complexity index is 591. The molecule has 0 N–H and O–H groups in total. The normalized spacial score (nSPS) is 11.1. The van der Waals surface area contributed by atoms with Crippen molar-refractivity contribution in [2.45, 2.75) is 13.3 Å². The largest absolute Gasteiger partial charge is 0.290 e. The van der Waals surface area contributed by atoms with E-state index in [2.05, 4.69) is 29.0 Å². The van der Waals surface area contributed by atoms with Crippen LogP contribution in [0.3, 0.4) is 0 Å². The summed E-state index contributed by atoms with van der Waals surface area (Å²) in [6, 6.07) is 6.20. The first kappa shape index (κ1) is 9.54. The first-order valence-electron chi connectivity index (χ1n) is 5.25. The van der Waals surface area contributed by atoms with Crippen molar-refractivity contribution in [1.82, 2.24) is 14.4 Å². The molecule has 0 aromatic carbocycles. The van der Waals surface area contributed by atoms with E-state index in [1.165, 1.54) is 9.75 Å². The third-order valence-electron chi connectivity index (χ3n) is 2.50. The van der Waals surface area contributed by atoms with Crippen molar-refractivity contribution in [3.05, 3.63) is 41.7 Å². The first-order valence-corrected chi connectivity index (χ1v) is 6.07. The molecule has 0 unspecified atom stereocenters. The van der Waals surface area contributed by atoms with Crippen molar-refractivity contribution in [3.8, 4) is 10.6 Å². The highest BCUT2D eigenvalue weighted by Gasteiger charge is 2.06. The molecule has 3 aromatic heterocycles. The van der Waals surface area contributed by atoms with Crippen LogP contribution in [0.4, 0.5) is 0 Å². The van der Waals surface area contributed by atoms with E-state index in [0.29, 0.717) is 0 Å². The van der Waals surface area contributed by atoms with Crippen LogP contribution in [0, 0.1) is 0 Å². The van der Waals surface area contributed by atoms with Crippen LogP contribution in [0.2, 0.25) is 0 Å². The SMILES string of the molecule is CCc1ccc(-c2cn3cccnc3n2)s1. The number of thiophene rings is 1. The molecule has 0 aliphatic carbocycles. The summed E-state index contributed by atoms with van der Waals surface area (Å²) in [5.41, 5.74) is 1.00. The van der Waals surface area contributed by atoms with Gasteiger partial charge in [0.05, 0.1) is 4.88 Å². The number of aryl methyl sites for hydroxylation is 1. The summed E-state index contributed by atoms with van der Waals surface area (Å²) in [6.45, 7) is 2.17. The molecule has 4 heteroatoms. The van der Waals surface area contributed by atoms with Crippen LogP contribution < -0.4 is 0 Å². The summed E-state index contributed by atoms with van der Waals surface area (Å²) in [6.07, 6.45) is 6.83. The number of aromatic nitrogens is 3. The van der Waals surface area contributed by atoms with E-state index < -0.39 is 0 Å². The fourth-order valence-electron chi connectivity index (χ4n) is 1.65. The molecule has 0 radical (unpaired) electrons. The van der Waals surface area contributed by atoms with E-state index in [1.54, 1.807) is 17.5 Å². The van der Waals surface area contributed by atoms with Gasteiger partial charge in [-0.1, -0.05) is 6.92 Å². The zero-order valence-corrected chi connectivity index (χ0v) is 9.74. The van der Waals surface area contributed by atoms with E-state index in [9.17, 15) is 0 Å². The number of fused-ring (bicyclic) bond motifs is 1. The van der Waals surface area contributed by atoms with Crippen LogP contribution >= 0.6 is 11.3 Å². The van der Waals surface area contributed by atoms with Gasteiger partial charge in [0.25, 0.3) is 0 Å². The molecule has 3 aromatic rings. The first-order chi connectivity index (χ1) is 7.86. The number of hydrogen-bond acceptors (Lipinski definition) is 3. The molecule has 0 atom stereocenters. The van der Waals surface area contributed by atoms with Crippen LogP contribution in [0.25, 0.3) is 16.3 Å². The second-order valence-electron chi connectivity index (χ2n) is 3.57. The third-order valence-corrected chi connectivity index (χ3v) is 3.75. The van der Waals surface area contributed by atoms with Crippen LogP contribution in [-0.4, -0.2) is 14.4 Å². The van der Waals surface area contributed by atoms with Gasteiger partial charge >= 0.3 is 0 Å². The lowest BCUT2D eigenvalue weighted by molar-refractivity contribution is 1.11. The molecule has 3 nitrogen and oxygen atoms in total. The average Bonchev–Trinajstić information content (AvgIpc) is 2.95. The van der Waals surface area contributed by atoms with Crippen molar-refractivity contribution in [2.24, 2.45) is 0 Å². The Hall–Kier alpha value is -1.68. The Kier molecular flexibility index (Phi) is 2.22. The predicted molar refractivity (Wildman–Crippen MR) is 65.7 cm³/mol. The van der Waals surface area contributed by atoms with Gasteiger partial charge in [-0.3, -0.25) is 4.40 Å². The third kappa shape index (κ3) is 1.51. The predicted octanol–water partition coefficient (Wildman–Crippen LogP) is 3.02. The summed E-state index contributed by atoms with van der Waals surface area (Å²) in [4.78, 5) is 11.3. The fourth-order valence-corrected chi connectivity index (χ4v) is 2.56. The molecule has 3 heterocycles. The lowest BCUT2D eigenvalue weighted by Crippen LogP contribution is -1.82. The molecular formula is C12H11N3S. The minimum atomic E-state index is 0.754. The highest BCUT2D eigenvalue weighted by Crippen LogP contribution is 2.27. The van der Waals surface area contributed by atoms with Crippen molar-refractivity contribution < 1.29 is 0 Å². The van der Waals surface area contributed by atoms with E-state index in [0.717, 1.165) is 17.9 Å². The number of rotatable bonds is 2. The molecule has 0 spiro atoms. The summed E-state index contributed by atoms with van der Waals surface area (Å²) in [7, 11) is 0. The minimum Gasteiger partial charge on any atom is -0.290 e. The number of nitrogens with zero attached hydrogens (tertiary/aromatic N) is 3. The average molecular weight is 229 g/mol. The van der Waals surface area contributed by atoms with Crippen LogP contribution in [0.1, 0.15) is 11.8 Å². The van der Waals surface area contributed by atoms with Crippen molar-refractivity contribution >= 4 is 17.1 Å². The summed E-state index contributed by atoms with van der Waals surface area (Å²) in [5.74, 6) is 0.754. The molecular weight excluding hydrogens is 218 g/mol. The van der Waals surface area contributed by atoms with Crippen LogP contribution in [-0.2, 0) is 6.42 Å². The van der Waals surface area contributed by atoms with Crippen molar-refractivity contribution in [3.63, 3.8) is 0 Å². The molecule has 3 rings (SSSR count). The Morgan fingerprint density at radius 3 is 3.06 bits per heavy atom. The van der Waals surface area contributed by atoms with E-state index in [1.807, 2.05) is 22.9 Å². The van der Waals surface area contributed by atoms with E-state index >= 15 is 0 Å². The Labute approximate surface area is 97.4 Å². The quantitative estimate of drug-likeness (QED) is 0.676.